The second-order valence-electron chi connectivity index (χ2n) is 5.00. The van der Waals surface area contributed by atoms with Crippen molar-refractivity contribution in [1.29, 1.82) is 0 Å². The van der Waals surface area contributed by atoms with E-state index in [-0.39, 0.29) is 11.9 Å². The number of hydrogen-bond acceptors (Lipinski definition) is 3. The third-order valence-corrected chi connectivity index (χ3v) is 3.77. The van der Waals surface area contributed by atoms with Crippen LogP contribution >= 0.6 is 11.8 Å². The van der Waals surface area contributed by atoms with Gasteiger partial charge in [-0.15, -0.1) is 11.8 Å². The van der Waals surface area contributed by atoms with Gasteiger partial charge < -0.3 is 10.6 Å². The van der Waals surface area contributed by atoms with Crippen molar-refractivity contribution in [3.8, 4) is 0 Å². The first kappa shape index (κ1) is 15.4. The molecule has 0 aromatic heterocycles. The summed E-state index contributed by atoms with van der Waals surface area (Å²) in [7, 11) is 0. The Morgan fingerprint density at radius 3 is 2.29 bits per heavy atom. The molecule has 0 bridgehead atoms. The summed E-state index contributed by atoms with van der Waals surface area (Å²) in [6.07, 6.45) is 2.00. The van der Waals surface area contributed by atoms with Crippen molar-refractivity contribution in [2.75, 3.05) is 16.9 Å². The number of para-hydroxylation sites is 2. The van der Waals surface area contributed by atoms with E-state index < -0.39 is 0 Å². The van der Waals surface area contributed by atoms with Crippen LogP contribution in [0.25, 0.3) is 0 Å². The van der Waals surface area contributed by atoms with E-state index in [0.717, 1.165) is 16.3 Å². The lowest BCUT2D eigenvalue weighted by molar-refractivity contribution is 0.102. The van der Waals surface area contributed by atoms with Crippen molar-refractivity contribution >= 4 is 29.0 Å². The van der Waals surface area contributed by atoms with E-state index >= 15 is 0 Å². The van der Waals surface area contributed by atoms with Gasteiger partial charge >= 0.3 is 0 Å². The first-order chi connectivity index (χ1) is 10.1. The van der Waals surface area contributed by atoms with Crippen molar-refractivity contribution in [1.82, 2.24) is 0 Å². The van der Waals surface area contributed by atoms with Crippen molar-refractivity contribution in [2.24, 2.45) is 0 Å². The number of hydrogen-bond donors (Lipinski definition) is 2. The fourth-order valence-corrected chi connectivity index (χ4v) is 2.61. The summed E-state index contributed by atoms with van der Waals surface area (Å²) in [5, 5.41) is 6.29. The van der Waals surface area contributed by atoms with E-state index in [2.05, 4.69) is 24.5 Å². The van der Waals surface area contributed by atoms with Gasteiger partial charge in [0.25, 0.3) is 5.91 Å². The maximum absolute atomic E-state index is 12.5. The van der Waals surface area contributed by atoms with Crippen molar-refractivity contribution in [3.63, 3.8) is 0 Å². The van der Waals surface area contributed by atoms with Crippen LogP contribution in [0.2, 0.25) is 0 Å². The van der Waals surface area contributed by atoms with Gasteiger partial charge in [0, 0.05) is 16.6 Å². The lowest BCUT2D eigenvalue weighted by atomic mass is 10.1. The van der Waals surface area contributed by atoms with E-state index in [1.54, 1.807) is 11.8 Å². The van der Waals surface area contributed by atoms with Crippen LogP contribution in [-0.2, 0) is 0 Å². The van der Waals surface area contributed by atoms with Crippen LogP contribution in [0.1, 0.15) is 24.2 Å². The number of nitrogens with one attached hydrogen (secondary N) is 2. The number of benzene rings is 2. The molecule has 2 aromatic carbocycles. The second kappa shape index (κ2) is 7.18. The van der Waals surface area contributed by atoms with Crippen LogP contribution in [-0.4, -0.2) is 18.2 Å². The highest BCUT2D eigenvalue weighted by Gasteiger charge is 2.13. The predicted octanol–water partition coefficient (Wildman–Crippen LogP) is 4.48. The van der Waals surface area contributed by atoms with Crippen LogP contribution in [0.3, 0.4) is 0 Å². The quantitative estimate of drug-likeness (QED) is 0.800. The van der Waals surface area contributed by atoms with Crippen molar-refractivity contribution < 1.29 is 4.79 Å². The summed E-state index contributed by atoms with van der Waals surface area (Å²) in [6.45, 7) is 4.11. The van der Waals surface area contributed by atoms with Gasteiger partial charge in [-0.3, -0.25) is 4.79 Å². The molecule has 2 rings (SSSR count). The molecule has 3 nitrogen and oxygen atoms in total. The number of anilines is 2. The van der Waals surface area contributed by atoms with Gasteiger partial charge in [0.1, 0.15) is 0 Å². The molecule has 4 heteroatoms. The zero-order valence-electron chi connectivity index (χ0n) is 12.5. The third-order valence-electron chi connectivity index (χ3n) is 2.97. The summed E-state index contributed by atoms with van der Waals surface area (Å²) in [5.74, 6) is -0.0970. The maximum Gasteiger partial charge on any atom is 0.257 e. The fourth-order valence-electron chi connectivity index (χ4n) is 2.06. The first-order valence-electron chi connectivity index (χ1n) is 6.91. The Bertz CT molecular complexity index is 626. The Morgan fingerprint density at radius 2 is 1.62 bits per heavy atom. The summed E-state index contributed by atoms with van der Waals surface area (Å²) in [6, 6.07) is 15.6. The summed E-state index contributed by atoms with van der Waals surface area (Å²) < 4.78 is 0. The van der Waals surface area contributed by atoms with E-state index in [0.29, 0.717) is 5.56 Å². The normalized spacial score (nSPS) is 10.5. The van der Waals surface area contributed by atoms with E-state index in [9.17, 15) is 4.79 Å². The van der Waals surface area contributed by atoms with Crippen LogP contribution in [0.5, 0.6) is 0 Å². The zero-order valence-corrected chi connectivity index (χ0v) is 13.3. The molecule has 2 N–H and O–H groups in total. The fraction of sp³-hybridized carbons (Fsp3) is 0.235. The van der Waals surface area contributed by atoms with Crippen LogP contribution in [0.4, 0.5) is 11.4 Å². The molecule has 21 heavy (non-hydrogen) atoms. The lowest BCUT2D eigenvalue weighted by Gasteiger charge is -2.15. The molecule has 0 spiro atoms. The molecular formula is C17H20N2OS. The van der Waals surface area contributed by atoms with Gasteiger partial charge in [0.05, 0.1) is 11.3 Å². The predicted molar refractivity (Wildman–Crippen MR) is 91.4 cm³/mol. The van der Waals surface area contributed by atoms with Gasteiger partial charge in [-0.25, -0.2) is 0 Å². The Kier molecular flexibility index (Phi) is 5.28. The molecule has 0 unspecified atom stereocenters. The van der Waals surface area contributed by atoms with Crippen molar-refractivity contribution in [3.05, 3.63) is 54.1 Å². The van der Waals surface area contributed by atoms with Gasteiger partial charge in [-0.1, -0.05) is 24.3 Å². The lowest BCUT2D eigenvalue weighted by Crippen LogP contribution is -2.17. The van der Waals surface area contributed by atoms with E-state index in [4.69, 9.17) is 0 Å². The van der Waals surface area contributed by atoms with Crippen LogP contribution in [0, 0.1) is 0 Å². The Labute approximate surface area is 130 Å². The largest absolute Gasteiger partial charge is 0.382 e. The summed E-state index contributed by atoms with van der Waals surface area (Å²) >= 11 is 1.62. The SMILES string of the molecule is CSc1ccccc1NC(=O)c1ccccc1NC(C)C. The third kappa shape index (κ3) is 4.02. The first-order valence-corrected chi connectivity index (χ1v) is 8.14. The number of amides is 1. The molecular weight excluding hydrogens is 280 g/mol. The van der Waals surface area contributed by atoms with Gasteiger partial charge in [-0.2, -0.15) is 0 Å². The number of carbonyl (C=O) groups is 1. The molecule has 0 radical (unpaired) electrons. The zero-order chi connectivity index (χ0) is 15.2. The maximum atomic E-state index is 12.5. The molecule has 0 fully saturated rings. The smallest absolute Gasteiger partial charge is 0.257 e. The number of rotatable bonds is 5. The standard InChI is InChI=1S/C17H20N2OS/c1-12(2)18-14-9-5-4-8-13(14)17(20)19-15-10-6-7-11-16(15)21-3/h4-12,18H,1-3H3,(H,19,20). The molecule has 0 saturated carbocycles. The van der Waals surface area contributed by atoms with Gasteiger partial charge in [0.15, 0.2) is 0 Å². The van der Waals surface area contributed by atoms with Crippen molar-refractivity contribution in [2.45, 2.75) is 24.8 Å². The minimum Gasteiger partial charge on any atom is -0.382 e. The highest BCUT2D eigenvalue weighted by atomic mass is 32.2. The molecule has 0 aliphatic heterocycles. The molecule has 0 heterocycles. The van der Waals surface area contributed by atoms with E-state index in [1.807, 2.05) is 54.8 Å². The molecule has 2 aromatic rings. The average molecular weight is 300 g/mol. The molecule has 110 valence electrons. The molecule has 1 amide bonds. The summed E-state index contributed by atoms with van der Waals surface area (Å²) in [4.78, 5) is 13.6. The minimum absolute atomic E-state index is 0.0970. The van der Waals surface area contributed by atoms with Crippen LogP contribution in [0.15, 0.2) is 53.4 Å². The van der Waals surface area contributed by atoms with Gasteiger partial charge in [0.2, 0.25) is 0 Å². The highest BCUT2D eigenvalue weighted by Crippen LogP contribution is 2.26. The average Bonchev–Trinajstić information content (AvgIpc) is 2.47. The minimum atomic E-state index is -0.0970. The van der Waals surface area contributed by atoms with Gasteiger partial charge in [-0.05, 0) is 44.4 Å². The Balaban J connectivity index is 2.24. The second-order valence-corrected chi connectivity index (χ2v) is 5.85. The Hall–Kier alpha value is -1.94. The Morgan fingerprint density at radius 1 is 1.00 bits per heavy atom. The monoisotopic (exact) mass is 300 g/mol. The molecule has 0 saturated heterocycles. The highest BCUT2D eigenvalue weighted by molar-refractivity contribution is 7.98. The van der Waals surface area contributed by atoms with E-state index in [1.165, 1.54) is 0 Å². The van der Waals surface area contributed by atoms with Crippen LogP contribution < -0.4 is 10.6 Å². The number of carbonyl (C=O) groups excluding carboxylic acids is 1. The topological polar surface area (TPSA) is 41.1 Å². The molecule has 0 aliphatic carbocycles. The molecule has 0 aliphatic rings. The number of thioether (sulfide) groups is 1. The molecule has 0 atom stereocenters. The summed E-state index contributed by atoms with van der Waals surface area (Å²) in [5.41, 5.74) is 2.35.